The van der Waals surface area contributed by atoms with Crippen LogP contribution in [-0.2, 0) is 4.74 Å². The Morgan fingerprint density at radius 3 is 2.81 bits per heavy atom. The molecule has 0 bridgehead atoms. The zero-order valence-corrected chi connectivity index (χ0v) is 13.1. The number of carboxylic acids is 1. The number of hydrogen-bond donors (Lipinski definition) is 3. The molecule has 1 saturated carbocycles. The second-order valence-electron chi connectivity index (χ2n) is 4.91. The fourth-order valence-electron chi connectivity index (χ4n) is 2.48. The van der Waals surface area contributed by atoms with Crippen LogP contribution in [0.25, 0.3) is 0 Å². The number of hydrogen-bond acceptors (Lipinski definition) is 3. The molecule has 6 nitrogen and oxygen atoms in total. The number of anilines is 1. The van der Waals surface area contributed by atoms with Gasteiger partial charge in [0.1, 0.15) is 0 Å². The van der Waals surface area contributed by atoms with Crippen LogP contribution in [0.1, 0.15) is 29.6 Å². The lowest BCUT2D eigenvalue weighted by molar-refractivity contribution is 0.0696. The van der Waals surface area contributed by atoms with E-state index in [0.29, 0.717) is 10.2 Å². The van der Waals surface area contributed by atoms with Crippen LogP contribution in [-0.4, -0.2) is 36.4 Å². The molecule has 2 amide bonds. The number of rotatable bonds is 4. The van der Waals surface area contributed by atoms with Gasteiger partial charge in [-0.15, -0.1) is 0 Å². The summed E-state index contributed by atoms with van der Waals surface area (Å²) in [6, 6.07) is 4.27. The van der Waals surface area contributed by atoms with Crippen molar-refractivity contribution in [2.45, 2.75) is 31.4 Å². The summed E-state index contributed by atoms with van der Waals surface area (Å²) < 4.78 is 5.78. The van der Waals surface area contributed by atoms with E-state index in [-0.39, 0.29) is 23.7 Å². The van der Waals surface area contributed by atoms with E-state index >= 15 is 0 Å². The van der Waals surface area contributed by atoms with Crippen molar-refractivity contribution < 1.29 is 19.4 Å². The molecule has 0 aliphatic heterocycles. The van der Waals surface area contributed by atoms with Crippen LogP contribution in [0.2, 0.25) is 0 Å². The van der Waals surface area contributed by atoms with E-state index in [1.807, 2.05) is 0 Å². The standard InChI is InChI=1S/C14H17BrN2O4/c1-21-12-4-2-3-11(12)17-14(20)16-8-5-6-10(15)9(7-8)13(18)19/h5-7,11-12H,2-4H2,1H3,(H,18,19)(H2,16,17,20). The Hall–Kier alpha value is -1.60. The van der Waals surface area contributed by atoms with E-state index in [2.05, 4.69) is 26.6 Å². The first-order valence-corrected chi connectivity index (χ1v) is 7.43. The minimum absolute atomic E-state index is 0.00982. The molecule has 1 aromatic carbocycles. The molecule has 114 valence electrons. The van der Waals surface area contributed by atoms with Gasteiger partial charge in [-0.3, -0.25) is 0 Å². The highest BCUT2D eigenvalue weighted by Crippen LogP contribution is 2.23. The molecule has 1 aliphatic rings. The third-order valence-corrected chi connectivity index (χ3v) is 4.22. The Morgan fingerprint density at radius 2 is 2.14 bits per heavy atom. The van der Waals surface area contributed by atoms with Crippen LogP contribution in [0.5, 0.6) is 0 Å². The Balaban J connectivity index is 1.99. The average Bonchev–Trinajstić information content (AvgIpc) is 2.87. The summed E-state index contributed by atoms with van der Waals surface area (Å²) in [5.74, 6) is -1.05. The molecule has 0 spiro atoms. The Bertz CT molecular complexity index is 550. The molecule has 0 aromatic heterocycles. The molecule has 3 N–H and O–H groups in total. The topological polar surface area (TPSA) is 87.7 Å². The SMILES string of the molecule is COC1CCCC1NC(=O)Nc1ccc(Br)c(C(=O)O)c1. The maximum atomic E-state index is 12.0. The van der Waals surface area contributed by atoms with Crippen molar-refractivity contribution >= 4 is 33.6 Å². The van der Waals surface area contributed by atoms with Gasteiger partial charge >= 0.3 is 12.0 Å². The Kier molecular flexibility index (Phi) is 5.19. The molecule has 0 radical (unpaired) electrons. The minimum Gasteiger partial charge on any atom is -0.478 e. The number of ether oxygens (including phenoxy) is 1. The molecule has 0 heterocycles. The van der Waals surface area contributed by atoms with E-state index in [1.54, 1.807) is 19.2 Å². The summed E-state index contributed by atoms with van der Waals surface area (Å²) in [7, 11) is 1.64. The summed E-state index contributed by atoms with van der Waals surface area (Å²) in [6.07, 6.45) is 2.87. The van der Waals surface area contributed by atoms with Crippen LogP contribution in [0.15, 0.2) is 22.7 Å². The maximum Gasteiger partial charge on any atom is 0.336 e. The van der Waals surface area contributed by atoms with Crippen molar-refractivity contribution in [1.29, 1.82) is 0 Å². The van der Waals surface area contributed by atoms with Gasteiger partial charge in [-0.25, -0.2) is 9.59 Å². The molecular weight excluding hydrogens is 340 g/mol. The summed E-state index contributed by atoms with van der Waals surface area (Å²) in [6.45, 7) is 0. The van der Waals surface area contributed by atoms with E-state index < -0.39 is 5.97 Å². The highest BCUT2D eigenvalue weighted by Gasteiger charge is 2.28. The number of urea groups is 1. The number of aromatic carboxylic acids is 1. The Labute approximate surface area is 131 Å². The largest absolute Gasteiger partial charge is 0.478 e. The number of nitrogens with one attached hydrogen (secondary N) is 2. The lowest BCUT2D eigenvalue weighted by Crippen LogP contribution is -2.42. The number of amides is 2. The number of carboxylic acid groups (broad SMARTS) is 1. The fourth-order valence-corrected chi connectivity index (χ4v) is 2.89. The lowest BCUT2D eigenvalue weighted by atomic mass is 10.2. The second-order valence-corrected chi connectivity index (χ2v) is 5.76. The molecule has 2 rings (SSSR count). The summed E-state index contributed by atoms with van der Waals surface area (Å²) >= 11 is 3.16. The van der Waals surface area contributed by atoms with Crippen molar-refractivity contribution in [2.75, 3.05) is 12.4 Å². The normalized spacial score (nSPS) is 21.0. The van der Waals surface area contributed by atoms with Crippen molar-refractivity contribution in [3.8, 4) is 0 Å². The van der Waals surface area contributed by atoms with E-state index in [4.69, 9.17) is 9.84 Å². The molecule has 1 aromatic rings. The third-order valence-electron chi connectivity index (χ3n) is 3.53. The molecule has 2 atom stereocenters. The van der Waals surface area contributed by atoms with Gasteiger partial charge in [0.15, 0.2) is 0 Å². The van der Waals surface area contributed by atoms with Gasteiger partial charge in [0.25, 0.3) is 0 Å². The first-order chi connectivity index (χ1) is 10.0. The maximum absolute atomic E-state index is 12.0. The number of halogens is 1. The van der Waals surface area contributed by atoms with Gasteiger partial charge in [0.05, 0.1) is 17.7 Å². The highest BCUT2D eigenvalue weighted by atomic mass is 79.9. The minimum atomic E-state index is -1.05. The van der Waals surface area contributed by atoms with E-state index in [0.717, 1.165) is 19.3 Å². The molecule has 1 fully saturated rings. The highest BCUT2D eigenvalue weighted by molar-refractivity contribution is 9.10. The van der Waals surface area contributed by atoms with E-state index in [9.17, 15) is 9.59 Å². The molecule has 21 heavy (non-hydrogen) atoms. The first-order valence-electron chi connectivity index (χ1n) is 6.64. The van der Waals surface area contributed by atoms with Gasteiger partial charge in [-0.1, -0.05) is 0 Å². The van der Waals surface area contributed by atoms with Gasteiger partial charge in [0, 0.05) is 17.3 Å². The van der Waals surface area contributed by atoms with Gasteiger partial charge < -0.3 is 20.5 Å². The van der Waals surface area contributed by atoms with E-state index in [1.165, 1.54) is 6.07 Å². The molecule has 7 heteroatoms. The average molecular weight is 357 g/mol. The zero-order chi connectivity index (χ0) is 15.4. The predicted molar refractivity (Wildman–Crippen MR) is 81.7 cm³/mol. The second kappa shape index (κ2) is 6.91. The number of benzene rings is 1. The smallest absolute Gasteiger partial charge is 0.336 e. The van der Waals surface area contributed by atoms with Crippen molar-refractivity contribution in [1.82, 2.24) is 5.32 Å². The van der Waals surface area contributed by atoms with Crippen LogP contribution >= 0.6 is 15.9 Å². The number of carbonyl (C=O) groups is 2. The summed E-state index contributed by atoms with van der Waals surface area (Å²) in [5, 5.41) is 14.5. The van der Waals surface area contributed by atoms with Crippen LogP contribution in [0, 0.1) is 0 Å². The van der Waals surface area contributed by atoms with Crippen LogP contribution in [0.4, 0.5) is 10.5 Å². The summed E-state index contributed by atoms with van der Waals surface area (Å²) in [5.41, 5.74) is 0.531. The lowest BCUT2D eigenvalue weighted by Gasteiger charge is -2.20. The first kappa shape index (κ1) is 15.8. The molecule has 2 unspecified atom stereocenters. The van der Waals surface area contributed by atoms with Crippen molar-refractivity contribution in [3.05, 3.63) is 28.2 Å². The molecule has 0 saturated heterocycles. The quantitative estimate of drug-likeness (QED) is 0.773. The zero-order valence-electron chi connectivity index (χ0n) is 11.6. The third kappa shape index (κ3) is 3.95. The van der Waals surface area contributed by atoms with Crippen molar-refractivity contribution in [3.63, 3.8) is 0 Å². The van der Waals surface area contributed by atoms with Gasteiger partial charge in [0.2, 0.25) is 0 Å². The summed E-state index contributed by atoms with van der Waals surface area (Å²) in [4.78, 5) is 23.0. The predicted octanol–water partition coefficient (Wildman–Crippen LogP) is 2.84. The van der Waals surface area contributed by atoms with Gasteiger partial charge in [-0.2, -0.15) is 0 Å². The fraction of sp³-hybridized carbons (Fsp3) is 0.429. The van der Waals surface area contributed by atoms with Crippen LogP contribution in [0.3, 0.4) is 0 Å². The van der Waals surface area contributed by atoms with Crippen molar-refractivity contribution in [2.24, 2.45) is 0 Å². The monoisotopic (exact) mass is 356 g/mol. The Morgan fingerprint density at radius 1 is 1.38 bits per heavy atom. The number of carbonyl (C=O) groups excluding carboxylic acids is 1. The van der Waals surface area contributed by atoms with Crippen LogP contribution < -0.4 is 10.6 Å². The van der Waals surface area contributed by atoms with Gasteiger partial charge in [-0.05, 0) is 53.4 Å². The molecular formula is C14H17BrN2O4. The molecule has 1 aliphatic carbocycles. The number of methoxy groups -OCH3 is 1.